The van der Waals surface area contributed by atoms with E-state index in [4.69, 9.17) is 16.3 Å². The molecule has 2 aromatic carbocycles. The number of ether oxygens (including phenoxy) is 1. The first kappa shape index (κ1) is 24.5. The van der Waals surface area contributed by atoms with Crippen molar-refractivity contribution in [2.45, 2.75) is 40.7 Å². The van der Waals surface area contributed by atoms with E-state index in [-0.39, 0.29) is 11.3 Å². The Kier molecular flexibility index (Phi) is 7.59. The first-order valence-corrected chi connectivity index (χ1v) is 11.3. The fourth-order valence-electron chi connectivity index (χ4n) is 3.66. The molecule has 2 aromatic rings. The van der Waals surface area contributed by atoms with Crippen LogP contribution in [0.3, 0.4) is 0 Å². The Morgan fingerprint density at radius 3 is 2.55 bits per heavy atom. The zero-order chi connectivity index (χ0) is 24.2. The van der Waals surface area contributed by atoms with Gasteiger partial charge in [0.2, 0.25) is 5.91 Å². The molecule has 174 valence electrons. The molecule has 0 aromatic heterocycles. The molecule has 0 radical (unpaired) electrons. The number of amides is 3. The molecule has 1 fully saturated rings. The Labute approximate surface area is 200 Å². The molecule has 0 atom stereocenters. The second-order valence-electron chi connectivity index (χ2n) is 8.84. The highest BCUT2D eigenvalue weighted by Crippen LogP contribution is 2.32. The zero-order valence-corrected chi connectivity index (χ0v) is 20.3. The molecule has 3 rings (SSSR count). The highest BCUT2D eigenvalue weighted by molar-refractivity contribution is 6.32. The molecule has 0 aliphatic carbocycles. The van der Waals surface area contributed by atoms with Crippen molar-refractivity contribution in [2.24, 2.45) is 10.4 Å². The van der Waals surface area contributed by atoms with Crippen LogP contribution in [0.25, 0.3) is 5.70 Å². The van der Waals surface area contributed by atoms with Crippen molar-refractivity contribution in [3.8, 4) is 5.75 Å². The van der Waals surface area contributed by atoms with Crippen molar-refractivity contribution in [1.82, 2.24) is 10.2 Å². The van der Waals surface area contributed by atoms with E-state index in [2.05, 4.69) is 23.8 Å². The van der Waals surface area contributed by atoms with Gasteiger partial charge in [-0.1, -0.05) is 31.2 Å². The third-order valence-electron chi connectivity index (χ3n) is 5.45. The molecule has 1 aliphatic heterocycles. The molecule has 1 saturated heterocycles. The minimum absolute atomic E-state index is 0.126. The number of urea groups is 1. The maximum atomic E-state index is 12.5. The summed E-state index contributed by atoms with van der Waals surface area (Å²) in [5.74, 6) is 0.908. The SMILES string of the molecule is C=C(NC(=O)/N=C(\C)c1ccc(OCCC)cc1)c1cc(CN2CC(C)(C)C2=O)ccc1Cl. The number of rotatable bonds is 8. The summed E-state index contributed by atoms with van der Waals surface area (Å²) in [4.78, 5) is 30.6. The van der Waals surface area contributed by atoms with Crippen LogP contribution in [0.4, 0.5) is 4.79 Å². The molecule has 1 aliphatic rings. The van der Waals surface area contributed by atoms with Crippen molar-refractivity contribution >= 4 is 34.9 Å². The molecule has 0 saturated carbocycles. The predicted molar refractivity (Wildman–Crippen MR) is 133 cm³/mol. The summed E-state index contributed by atoms with van der Waals surface area (Å²) in [5, 5.41) is 3.16. The smallest absolute Gasteiger partial charge is 0.345 e. The molecule has 7 heteroatoms. The number of aliphatic imine (C=N–C) groups is 1. The van der Waals surface area contributed by atoms with Crippen LogP contribution in [0.15, 0.2) is 54.0 Å². The number of nitrogens with one attached hydrogen (secondary N) is 1. The minimum Gasteiger partial charge on any atom is -0.494 e. The fourth-order valence-corrected chi connectivity index (χ4v) is 3.89. The number of carbonyl (C=O) groups is 2. The monoisotopic (exact) mass is 467 g/mol. The highest BCUT2D eigenvalue weighted by atomic mass is 35.5. The number of nitrogens with zero attached hydrogens (tertiary/aromatic N) is 2. The molecule has 1 N–H and O–H groups in total. The van der Waals surface area contributed by atoms with Crippen molar-refractivity contribution in [1.29, 1.82) is 0 Å². The molecule has 1 heterocycles. The number of hydrogen-bond donors (Lipinski definition) is 1. The van der Waals surface area contributed by atoms with E-state index in [1.165, 1.54) is 0 Å². The van der Waals surface area contributed by atoms with Gasteiger partial charge in [0.05, 0.1) is 17.7 Å². The number of likely N-dealkylation sites (tertiary alicyclic amines) is 1. The van der Waals surface area contributed by atoms with Gasteiger partial charge in [-0.3, -0.25) is 4.79 Å². The van der Waals surface area contributed by atoms with Crippen LogP contribution in [0, 0.1) is 5.41 Å². The number of carbonyl (C=O) groups excluding carboxylic acids is 2. The maximum absolute atomic E-state index is 12.5. The Hall–Kier alpha value is -3.12. The van der Waals surface area contributed by atoms with Gasteiger partial charge in [-0.15, -0.1) is 0 Å². The molecular formula is C26H30ClN3O3. The fraction of sp³-hybridized carbons (Fsp3) is 0.346. The van der Waals surface area contributed by atoms with Gasteiger partial charge in [-0.05, 0) is 74.7 Å². The summed E-state index contributed by atoms with van der Waals surface area (Å²) in [5.41, 5.74) is 2.95. The topological polar surface area (TPSA) is 71.0 Å². The number of benzene rings is 2. The van der Waals surface area contributed by atoms with E-state index < -0.39 is 6.03 Å². The van der Waals surface area contributed by atoms with Gasteiger partial charge in [-0.2, -0.15) is 4.99 Å². The van der Waals surface area contributed by atoms with Crippen molar-refractivity contribution in [3.63, 3.8) is 0 Å². The summed E-state index contributed by atoms with van der Waals surface area (Å²) < 4.78 is 5.58. The second kappa shape index (κ2) is 10.2. The summed E-state index contributed by atoms with van der Waals surface area (Å²) in [6, 6.07) is 12.4. The quantitative estimate of drug-likeness (QED) is 0.400. The number of β-lactam (4-membered cyclic amide) rings is 1. The summed E-state index contributed by atoms with van der Waals surface area (Å²) >= 11 is 6.35. The first-order chi connectivity index (χ1) is 15.6. The third-order valence-corrected chi connectivity index (χ3v) is 5.78. The molecular weight excluding hydrogens is 438 g/mol. The van der Waals surface area contributed by atoms with Gasteiger partial charge >= 0.3 is 6.03 Å². The highest BCUT2D eigenvalue weighted by Gasteiger charge is 2.43. The third kappa shape index (κ3) is 6.02. The molecule has 6 nitrogen and oxygen atoms in total. The summed E-state index contributed by atoms with van der Waals surface area (Å²) in [6.07, 6.45) is 0.938. The maximum Gasteiger partial charge on any atom is 0.345 e. The molecule has 0 bridgehead atoms. The standard InChI is InChI=1S/C26H30ClN3O3/c1-6-13-33-21-10-8-20(9-11-21)17(2)28-25(32)29-18(3)22-14-19(7-12-23(22)27)15-30-16-26(4,5)24(30)31/h7-12,14H,3,6,13,15-16H2,1-2,4-5H3,(H,29,32)/b28-17+. The Morgan fingerprint density at radius 1 is 1.24 bits per heavy atom. The van der Waals surface area contributed by atoms with Crippen LogP contribution >= 0.6 is 11.6 Å². The van der Waals surface area contributed by atoms with Crippen LogP contribution in [-0.4, -0.2) is 35.7 Å². The first-order valence-electron chi connectivity index (χ1n) is 11.0. The van der Waals surface area contributed by atoms with E-state index >= 15 is 0 Å². The van der Waals surface area contributed by atoms with Crippen LogP contribution in [0.5, 0.6) is 5.75 Å². The van der Waals surface area contributed by atoms with Crippen LogP contribution in [0.1, 0.15) is 50.8 Å². The lowest BCUT2D eigenvalue weighted by Gasteiger charge is -2.44. The van der Waals surface area contributed by atoms with Crippen molar-refractivity contribution in [3.05, 3.63) is 70.8 Å². The van der Waals surface area contributed by atoms with E-state index in [0.717, 1.165) is 23.3 Å². The summed E-state index contributed by atoms with van der Waals surface area (Å²) in [7, 11) is 0. The lowest BCUT2D eigenvalue weighted by atomic mass is 9.83. The molecule has 0 spiro atoms. The van der Waals surface area contributed by atoms with Crippen molar-refractivity contribution < 1.29 is 14.3 Å². The van der Waals surface area contributed by atoms with Gasteiger partial charge < -0.3 is 15.0 Å². The average Bonchev–Trinajstić information content (AvgIpc) is 2.78. The Balaban J connectivity index is 1.64. The van der Waals surface area contributed by atoms with Gasteiger partial charge in [0.25, 0.3) is 0 Å². The zero-order valence-electron chi connectivity index (χ0n) is 19.6. The predicted octanol–water partition coefficient (Wildman–Crippen LogP) is 5.69. The lowest BCUT2D eigenvalue weighted by Crippen LogP contribution is -2.57. The van der Waals surface area contributed by atoms with Crippen LogP contribution in [0.2, 0.25) is 5.02 Å². The van der Waals surface area contributed by atoms with E-state index in [1.54, 1.807) is 17.9 Å². The average molecular weight is 468 g/mol. The van der Waals surface area contributed by atoms with Crippen LogP contribution < -0.4 is 10.1 Å². The number of halogens is 1. The molecule has 33 heavy (non-hydrogen) atoms. The summed E-state index contributed by atoms with van der Waals surface area (Å²) in [6.45, 7) is 13.5. The van der Waals surface area contributed by atoms with Gasteiger partial charge in [0, 0.05) is 29.4 Å². The Bertz CT molecular complexity index is 1090. The normalized spacial score (nSPS) is 15.1. The lowest BCUT2D eigenvalue weighted by molar-refractivity contribution is -0.157. The van der Waals surface area contributed by atoms with Gasteiger partial charge in [0.1, 0.15) is 5.75 Å². The minimum atomic E-state index is -0.537. The van der Waals surface area contributed by atoms with Crippen molar-refractivity contribution in [2.75, 3.05) is 13.2 Å². The van der Waals surface area contributed by atoms with E-state index in [9.17, 15) is 9.59 Å². The van der Waals surface area contributed by atoms with Crippen LogP contribution in [-0.2, 0) is 11.3 Å². The van der Waals surface area contributed by atoms with Gasteiger partial charge in [-0.25, -0.2) is 4.79 Å². The molecule has 0 unspecified atom stereocenters. The molecule has 3 amide bonds. The van der Waals surface area contributed by atoms with Gasteiger partial charge in [0.15, 0.2) is 0 Å². The van der Waals surface area contributed by atoms with E-state index in [1.807, 2.05) is 50.2 Å². The largest absolute Gasteiger partial charge is 0.494 e. The van der Waals surface area contributed by atoms with E-state index in [0.29, 0.717) is 41.7 Å². The number of hydrogen-bond acceptors (Lipinski definition) is 3. The Morgan fingerprint density at radius 2 is 1.94 bits per heavy atom. The second-order valence-corrected chi connectivity index (χ2v) is 9.25.